The van der Waals surface area contributed by atoms with Gasteiger partial charge >= 0.3 is 18.4 Å². The molecule has 0 radical (unpaired) electrons. The van der Waals surface area contributed by atoms with Gasteiger partial charge in [-0.05, 0) is 54.6 Å². The van der Waals surface area contributed by atoms with Crippen molar-refractivity contribution < 1.29 is 45.4 Å². The van der Waals surface area contributed by atoms with Crippen molar-refractivity contribution >= 4 is 17.6 Å². The smallest absolute Gasteiger partial charge is 0.416 e. The van der Waals surface area contributed by atoms with E-state index < -0.39 is 47.8 Å². The van der Waals surface area contributed by atoms with Crippen molar-refractivity contribution in [3.05, 3.63) is 83.9 Å². The number of amides is 3. The summed E-state index contributed by atoms with van der Waals surface area (Å²) in [7, 11) is 0. The minimum atomic E-state index is -5.07. The predicted octanol–water partition coefficient (Wildman–Crippen LogP) is 6.24. The van der Waals surface area contributed by atoms with Gasteiger partial charge in [0.2, 0.25) is 0 Å². The Morgan fingerprint density at radius 2 is 1.26 bits per heavy atom. The van der Waals surface area contributed by atoms with E-state index in [0.29, 0.717) is 23.6 Å². The molecule has 35 heavy (non-hydrogen) atoms. The minimum Gasteiger partial charge on any atom is -0.484 e. The Kier molecular flexibility index (Phi) is 7.52. The summed E-state index contributed by atoms with van der Waals surface area (Å²) in [5, 5.41) is 4.19. The molecule has 3 amide bonds. The Bertz CT molecular complexity index is 1150. The standard InChI is InChI=1S/C23H16F6N2O4/c24-22(25,26)14-10-15(23(27,28)29)12-19(11-14)34-13-20(32)31-21(33)30-16-6-8-18(9-7-16)35-17-4-2-1-3-5-17/h1-12H,13H2,(H2,30,31,32,33). The second-order valence-corrected chi connectivity index (χ2v) is 6.97. The molecular weight excluding hydrogens is 482 g/mol. The molecular formula is C23H16F6N2O4. The molecule has 3 rings (SSSR count). The van der Waals surface area contributed by atoms with Crippen molar-refractivity contribution in [2.24, 2.45) is 0 Å². The summed E-state index contributed by atoms with van der Waals surface area (Å²) >= 11 is 0. The number of para-hydroxylation sites is 1. The maximum absolute atomic E-state index is 12.9. The van der Waals surface area contributed by atoms with Crippen molar-refractivity contribution in [2.75, 3.05) is 11.9 Å². The fraction of sp³-hybridized carbons (Fsp3) is 0.130. The lowest BCUT2D eigenvalue weighted by Gasteiger charge is -2.14. The minimum absolute atomic E-state index is 0.0729. The van der Waals surface area contributed by atoms with Gasteiger partial charge in [0.05, 0.1) is 11.1 Å². The molecule has 2 N–H and O–H groups in total. The number of anilines is 1. The third-order valence-electron chi connectivity index (χ3n) is 4.28. The third kappa shape index (κ3) is 7.66. The predicted molar refractivity (Wildman–Crippen MR) is 112 cm³/mol. The fourth-order valence-electron chi connectivity index (χ4n) is 2.71. The molecule has 3 aromatic rings. The average molecular weight is 498 g/mol. The van der Waals surface area contributed by atoms with Crippen LogP contribution in [-0.4, -0.2) is 18.5 Å². The molecule has 184 valence electrons. The molecule has 0 bridgehead atoms. The molecule has 0 heterocycles. The molecule has 12 heteroatoms. The summed E-state index contributed by atoms with van der Waals surface area (Å²) in [6, 6.07) is 14.6. The highest BCUT2D eigenvalue weighted by molar-refractivity contribution is 6.01. The lowest BCUT2D eigenvalue weighted by molar-refractivity contribution is -0.143. The quantitative estimate of drug-likeness (QED) is 0.395. The summed E-state index contributed by atoms with van der Waals surface area (Å²) in [5.74, 6) is -0.861. The van der Waals surface area contributed by atoms with Crippen LogP contribution in [0.25, 0.3) is 0 Å². The first kappa shape index (κ1) is 25.4. The normalized spacial score (nSPS) is 11.5. The molecule has 0 saturated carbocycles. The highest BCUT2D eigenvalue weighted by atomic mass is 19.4. The fourth-order valence-corrected chi connectivity index (χ4v) is 2.71. The van der Waals surface area contributed by atoms with E-state index in [1.54, 1.807) is 36.4 Å². The van der Waals surface area contributed by atoms with E-state index in [0.717, 1.165) is 0 Å². The number of halogens is 6. The van der Waals surface area contributed by atoms with E-state index >= 15 is 0 Å². The molecule has 0 unspecified atom stereocenters. The summed E-state index contributed by atoms with van der Waals surface area (Å²) in [6.45, 7) is -1.00. The largest absolute Gasteiger partial charge is 0.484 e. The van der Waals surface area contributed by atoms with Gasteiger partial charge in [-0.1, -0.05) is 18.2 Å². The number of nitrogens with one attached hydrogen (secondary N) is 2. The summed E-state index contributed by atoms with van der Waals surface area (Å²) in [6.07, 6.45) is -10.1. The van der Waals surface area contributed by atoms with Crippen LogP contribution in [0.5, 0.6) is 17.2 Å². The number of imide groups is 1. The van der Waals surface area contributed by atoms with Crippen LogP contribution in [0.2, 0.25) is 0 Å². The van der Waals surface area contributed by atoms with Crippen molar-refractivity contribution in [3.63, 3.8) is 0 Å². The molecule has 0 aromatic heterocycles. The van der Waals surface area contributed by atoms with Gasteiger partial charge in [-0.25, -0.2) is 4.79 Å². The Balaban J connectivity index is 1.55. The number of alkyl halides is 6. The van der Waals surface area contributed by atoms with Crippen LogP contribution >= 0.6 is 0 Å². The topological polar surface area (TPSA) is 76.7 Å². The van der Waals surface area contributed by atoms with Gasteiger partial charge < -0.3 is 14.8 Å². The van der Waals surface area contributed by atoms with Crippen molar-refractivity contribution in [3.8, 4) is 17.2 Å². The number of hydrogen-bond donors (Lipinski definition) is 2. The van der Waals surface area contributed by atoms with Crippen LogP contribution < -0.4 is 20.1 Å². The zero-order valence-electron chi connectivity index (χ0n) is 17.5. The summed E-state index contributed by atoms with van der Waals surface area (Å²) in [4.78, 5) is 23.8. The first-order valence-corrected chi connectivity index (χ1v) is 9.76. The molecule has 0 aliphatic rings. The lowest BCUT2D eigenvalue weighted by Crippen LogP contribution is -2.37. The maximum atomic E-state index is 12.9. The third-order valence-corrected chi connectivity index (χ3v) is 4.28. The Morgan fingerprint density at radius 1 is 0.714 bits per heavy atom. The van der Waals surface area contributed by atoms with E-state index in [-0.39, 0.29) is 11.8 Å². The lowest BCUT2D eigenvalue weighted by atomic mass is 10.1. The van der Waals surface area contributed by atoms with Crippen LogP contribution in [0.15, 0.2) is 72.8 Å². The van der Waals surface area contributed by atoms with E-state index in [1.807, 2.05) is 11.4 Å². The number of urea groups is 1. The first-order valence-electron chi connectivity index (χ1n) is 9.76. The van der Waals surface area contributed by atoms with Crippen LogP contribution in [0, 0.1) is 0 Å². The van der Waals surface area contributed by atoms with Gasteiger partial charge in [0.15, 0.2) is 6.61 Å². The van der Waals surface area contributed by atoms with Gasteiger partial charge in [0.25, 0.3) is 5.91 Å². The number of hydrogen-bond acceptors (Lipinski definition) is 4. The number of benzene rings is 3. The number of carbonyl (C=O) groups excluding carboxylic acids is 2. The van der Waals surface area contributed by atoms with Crippen molar-refractivity contribution in [1.29, 1.82) is 0 Å². The Hall–Kier alpha value is -4.22. The SMILES string of the molecule is O=C(COc1cc(C(F)(F)F)cc(C(F)(F)F)c1)NC(=O)Nc1ccc(Oc2ccccc2)cc1. The van der Waals surface area contributed by atoms with Crippen molar-refractivity contribution in [1.82, 2.24) is 5.32 Å². The van der Waals surface area contributed by atoms with Gasteiger partial charge in [-0.15, -0.1) is 0 Å². The van der Waals surface area contributed by atoms with Crippen molar-refractivity contribution in [2.45, 2.75) is 12.4 Å². The van der Waals surface area contributed by atoms with Crippen LogP contribution in [0.4, 0.5) is 36.8 Å². The number of ether oxygens (including phenoxy) is 2. The molecule has 3 aromatic carbocycles. The van der Waals surface area contributed by atoms with Gasteiger partial charge in [0.1, 0.15) is 17.2 Å². The molecule has 6 nitrogen and oxygen atoms in total. The monoisotopic (exact) mass is 498 g/mol. The maximum Gasteiger partial charge on any atom is 0.416 e. The first-order chi connectivity index (χ1) is 16.4. The Morgan fingerprint density at radius 3 is 1.80 bits per heavy atom. The molecule has 0 aliphatic heterocycles. The van der Waals surface area contributed by atoms with E-state index in [9.17, 15) is 35.9 Å². The molecule has 0 atom stereocenters. The van der Waals surface area contributed by atoms with Gasteiger partial charge in [-0.2, -0.15) is 26.3 Å². The summed E-state index contributed by atoms with van der Waals surface area (Å²) in [5.41, 5.74) is -2.91. The van der Waals surface area contributed by atoms with Crippen LogP contribution in [-0.2, 0) is 17.1 Å². The zero-order chi connectivity index (χ0) is 25.6. The molecule has 0 fully saturated rings. The van der Waals surface area contributed by atoms with Gasteiger partial charge in [-0.3, -0.25) is 10.1 Å². The average Bonchev–Trinajstić information content (AvgIpc) is 2.78. The van der Waals surface area contributed by atoms with E-state index in [4.69, 9.17) is 9.47 Å². The second kappa shape index (κ2) is 10.4. The highest BCUT2D eigenvalue weighted by Crippen LogP contribution is 2.38. The highest BCUT2D eigenvalue weighted by Gasteiger charge is 2.37. The zero-order valence-corrected chi connectivity index (χ0v) is 17.5. The molecule has 0 aliphatic carbocycles. The number of rotatable bonds is 6. The molecule has 0 saturated heterocycles. The van der Waals surface area contributed by atoms with E-state index in [1.165, 1.54) is 12.1 Å². The van der Waals surface area contributed by atoms with Crippen LogP contribution in [0.1, 0.15) is 11.1 Å². The van der Waals surface area contributed by atoms with Crippen LogP contribution in [0.3, 0.4) is 0 Å². The van der Waals surface area contributed by atoms with E-state index in [2.05, 4.69) is 5.32 Å². The summed E-state index contributed by atoms with van der Waals surface area (Å²) < 4.78 is 87.7. The van der Waals surface area contributed by atoms with Gasteiger partial charge in [0, 0.05) is 5.69 Å². The molecule has 0 spiro atoms. The number of carbonyl (C=O) groups is 2. The second-order valence-electron chi connectivity index (χ2n) is 6.97. The Labute approximate surface area is 194 Å².